The van der Waals surface area contributed by atoms with Gasteiger partial charge in [-0.1, -0.05) is 37.3 Å². The SMILES string of the molecule is CCC(c1ccccc1)N(C(=O)C(C)N)C1CC1. The van der Waals surface area contributed by atoms with Crippen LogP contribution >= 0.6 is 0 Å². The molecule has 98 valence electrons. The fourth-order valence-electron chi connectivity index (χ4n) is 2.44. The van der Waals surface area contributed by atoms with E-state index in [0.29, 0.717) is 6.04 Å². The molecular formula is C15H22N2O. The fraction of sp³-hybridized carbons (Fsp3) is 0.533. The molecule has 3 nitrogen and oxygen atoms in total. The summed E-state index contributed by atoms with van der Waals surface area (Å²) in [6, 6.07) is 10.4. The van der Waals surface area contributed by atoms with E-state index in [1.54, 1.807) is 6.92 Å². The number of amides is 1. The summed E-state index contributed by atoms with van der Waals surface area (Å²) in [5.74, 6) is 0.0770. The summed E-state index contributed by atoms with van der Waals surface area (Å²) in [4.78, 5) is 14.3. The molecule has 0 aliphatic heterocycles. The van der Waals surface area contributed by atoms with Gasteiger partial charge in [0.2, 0.25) is 5.91 Å². The van der Waals surface area contributed by atoms with Gasteiger partial charge in [0.15, 0.2) is 0 Å². The largest absolute Gasteiger partial charge is 0.331 e. The molecule has 1 aromatic rings. The molecule has 0 aromatic heterocycles. The van der Waals surface area contributed by atoms with Gasteiger partial charge < -0.3 is 10.6 Å². The highest BCUT2D eigenvalue weighted by Crippen LogP contribution is 2.36. The highest BCUT2D eigenvalue weighted by Gasteiger charge is 2.38. The molecule has 1 aliphatic carbocycles. The molecule has 2 unspecified atom stereocenters. The molecule has 1 saturated carbocycles. The molecular weight excluding hydrogens is 224 g/mol. The molecule has 0 spiro atoms. The van der Waals surface area contributed by atoms with Crippen molar-refractivity contribution in [1.82, 2.24) is 4.90 Å². The van der Waals surface area contributed by atoms with Crippen LogP contribution in [0.3, 0.4) is 0 Å². The highest BCUT2D eigenvalue weighted by molar-refractivity contribution is 5.82. The Kier molecular flexibility index (Phi) is 4.02. The van der Waals surface area contributed by atoms with Crippen molar-refractivity contribution in [2.45, 2.75) is 51.2 Å². The van der Waals surface area contributed by atoms with Gasteiger partial charge in [0.05, 0.1) is 12.1 Å². The second kappa shape index (κ2) is 5.53. The number of hydrogen-bond acceptors (Lipinski definition) is 2. The van der Waals surface area contributed by atoms with Gasteiger partial charge in [-0.25, -0.2) is 0 Å². The molecule has 0 bridgehead atoms. The van der Waals surface area contributed by atoms with Crippen LogP contribution in [0.2, 0.25) is 0 Å². The monoisotopic (exact) mass is 246 g/mol. The number of benzene rings is 1. The van der Waals surface area contributed by atoms with Crippen LogP contribution in [0.4, 0.5) is 0 Å². The molecule has 2 N–H and O–H groups in total. The number of carbonyl (C=O) groups excluding carboxylic acids is 1. The van der Waals surface area contributed by atoms with E-state index < -0.39 is 6.04 Å². The van der Waals surface area contributed by atoms with Crippen molar-refractivity contribution in [3.8, 4) is 0 Å². The number of rotatable bonds is 5. The zero-order chi connectivity index (χ0) is 13.1. The first-order chi connectivity index (χ1) is 8.65. The van der Waals surface area contributed by atoms with E-state index in [1.165, 1.54) is 5.56 Å². The van der Waals surface area contributed by atoms with E-state index in [0.717, 1.165) is 19.3 Å². The van der Waals surface area contributed by atoms with Crippen LogP contribution in [0.25, 0.3) is 0 Å². The molecule has 0 saturated heterocycles. The van der Waals surface area contributed by atoms with Crippen molar-refractivity contribution in [3.05, 3.63) is 35.9 Å². The van der Waals surface area contributed by atoms with Crippen LogP contribution in [0.15, 0.2) is 30.3 Å². The van der Waals surface area contributed by atoms with Gasteiger partial charge in [0.25, 0.3) is 0 Å². The number of nitrogens with zero attached hydrogens (tertiary/aromatic N) is 1. The Hall–Kier alpha value is -1.35. The molecule has 0 radical (unpaired) electrons. The first-order valence-electron chi connectivity index (χ1n) is 6.77. The molecule has 0 heterocycles. The van der Waals surface area contributed by atoms with E-state index in [4.69, 9.17) is 5.73 Å². The van der Waals surface area contributed by atoms with E-state index in [2.05, 4.69) is 19.1 Å². The van der Waals surface area contributed by atoms with Crippen molar-refractivity contribution < 1.29 is 4.79 Å². The van der Waals surface area contributed by atoms with Crippen molar-refractivity contribution in [3.63, 3.8) is 0 Å². The predicted octanol–water partition coefficient (Wildman–Crippen LogP) is 2.48. The van der Waals surface area contributed by atoms with E-state index in [9.17, 15) is 4.79 Å². The topological polar surface area (TPSA) is 46.3 Å². The molecule has 2 atom stereocenters. The zero-order valence-electron chi connectivity index (χ0n) is 11.2. The fourth-order valence-corrected chi connectivity index (χ4v) is 2.44. The molecule has 1 aromatic carbocycles. The van der Waals surface area contributed by atoms with Crippen LogP contribution in [0, 0.1) is 0 Å². The minimum Gasteiger partial charge on any atom is -0.331 e. The average Bonchev–Trinajstić information content (AvgIpc) is 3.20. The Morgan fingerprint density at radius 3 is 2.44 bits per heavy atom. The molecule has 2 rings (SSSR count). The van der Waals surface area contributed by atoms with Crippen LogP contribution < -0.4 is 5.73 Å². The van der Waals surface area contributed by atoms with Crippen LogP contribution in [0.5, 0.6) is 0 Å². The van der Waals surface area contributed by atoms with Crippen LogP contribution in [-0.2, 0) is 4.79 Å². The smallest absolute Gasteiger partial charge is 0.239 e. The van der Waals surface area contributed by atoms with Crippen molar-refractivity contribution in [2.24, 2.45) is 5.73 Å². The van der Waals surface area contributed by atoms with Gasteiger partial charge >= 0.3 is 0 Å². The van der Waals surface area contributed by atoms with Crippen molar-refractivity contribution >= 4 is 5.91 Å². The minimum absolute atomic E-state index is 0.0770. The zero-order valence-corrected chi connectivity index (χ0v) is 11.2. The number of carbonyl (C=O) groups is 1. The summed E-state index contributed by atoms with van der Waals surface area (Å²) in [6.45, 7) is 3.90. The second-order valence-corrected chi connectivity index (χ2v) is 5.10. The summed E-state index contributed by atoms with van der Waals surface area (Å²) >= 11 is 0. The van der Waals surface area contributed by atoms with Gasteiger partial charge in [0.1, 0.15) is 0 Å². The highest BCUT2D eigenvalue weighted by atomic mass is 16.2. The first kappa shape index (κ1) is 13.1. The molecule has 1 fully saturated rings. The minimum atomic E-state index is -0.414. The summed E-state index contributed by atoms with van der Waals surface area (Å²) in [7, 11) is 0. The summed E-state index contributed by atoms with van der Waals surface area (Å²) in [5, 5.41) is 0. The lowest BCUT2D eigenvalue weighted by atomic mass is 10.0. The third-order valence-corrected chi connectivity index (χ3v) is 3.49. The lowest BCUT2D eigenvalue weighted by Gasteiger charge is -2.33. The molecule has 1 aliphatic rings. The van der Waals surface area contributed by atoms with Crippen molar-refractivity contribution in [2.75, 3.05) is 0 Å². The number of nitrogens with two attached hydrogens (primary N) is 1. The first-order valence-corrected chi connectivity index (χ1v) is 6.77. The van der Waals surface area contributed by atoms with Gasteiger partial charge in [-0.2, -0.15) is 0 Å². The van der Waals surface area contributed by atoms with Crippen molar-refractivity contribution in [1.29, 1.82) is 0 Å². The molecule has 1 amide bonds. The lowest BCUT2D eigenvalue weighted by molar-refractivity contribution is -0.135. The van der Waals surface area contributed by atoms with Gasteiger partial charge in [0, 0.05) is 6.04 Å². The quantitative estimate of drug-likeness (QED) is 0.867. The Balaban J connectivity index is 2.25. The normalized spacial score (nSPS) is 18.2. The van der Waals surface area contributed by atoms with Crippen LogP contribution in [0.1, 0.15) is 44.7 Å². The van der Waals surface area contributed by atoms with Gasteiger partial charge in [-0.05, 0) is 31.7 Å². The Morgan fingerprint density at radius 1 is 1.39 bits per heavy atom. The Bertz CT molecular complexity index is 398. The lowest BCUT2D eigenvalue weighted by Crippen LogP contribution is -2.45. The van der Waals surface area contributed by atoms with Gasteiger partial charge in [-0.15, -0.1) is 0 Å². The van der Waals surface area contributed by atoms with E-state index in [-0.39, 0.29) is 11.9 Å². The third kappa shape index (κ3) is 2.72. The third-order valence-electron chi connectivity index (χ3n) is 3.49. The number of hydrogen-bond donors (Lipinski definition) is 1. The van der Waals surface area contributed by atoms with Gasteiger partial charge in [-0.3, -0.25) is 4.79 Å². The summed E-state index contributed by atoms with van der Waals surface area (Å²) in [5.41, 5.74) is 6.99. The second-order valence-electron chi connectivity index (χ2n) is 5.10. The summed E-state index contributed by atoms with van der Waals surface area (Å²) in [6.07, 6.45) is 3.16. The molecule has 3 heteroatoms. The van der Waals surface area contributed by atoms with Crippen LogP contribution in [-0.4, -0.2) is 22.9 Å². The maximum atomic E-state index is 12.3. The summed E-state index contributed by atoms with van der Waals surface area (Å²) < 4.78 is 0. The predicted molar refractivity (Wildman–Crippen MR) is 73.0 cm³/mol. The Morgan fingerprint density at radius 2 is 2.00 bits per heavy atom. The molecule has 18 heavy (non-hydrogen) atoms. The maximum Gasteiger partial charge on any atom is 0.239 e. The Labute approximate surface area is 109 Å². The van der Waals surface area contributed by atoms with E-state index >= 15 is 0 Å². The standard InChI is InChI=1S/C15H22N2O/c1-3-14(12-7-5-4-6-8-12)17(13-9-10-13)15(18)11(2)16/h4-8,11,13-14H,3,9-10,16H2,1-2H3. The van der Waals surface area contributed by atoms with E-state index in [1.807, 2.05) is 23.1 Å². The maximum absolute atomic E-state index is 12.3. The average molecular weight is 246 g/mol.